The Hall–Kier alpha value is -3.18. The molecule has 1 atom stereocenters. The summed E-state index contributed by atoms with van der Waals surface area (Å²) >= 11 is 0. The zero-order valence-electron chi connectivity index (χ0n) is 15.1. The van der Waals surface area contributed by atoms with Crippen LogP contribution in [0.4, 0.5) is 11.4 Å². The van der Waals surface area contributed by atoms with Gasteiger partial charge in [0.2, 0.25) is 11.8 Å². The molecule has 1 aliphatic heterocycles. The second kappa shape index (κ2) is 7.21. The Kier molecular flexibility index (Phi) is 4.60. The standard InChI is InChI=1S/C22H21N3O2/c1-15(17-10-6-8-16-7-2-3-9-18(16)17)23-13-22(27)25-14-21(26)24-19-11-4-5-12-20(19)25/h2-12,15,23H,13-14H2,1H3,(H,24,26)/t15-/m0/s1. The van der Waals surface area contributed by atoms with Crippen LogP contribution in [0.1, 0.15) is 18.5 Å². The Morgan fingerprint density at radius 3 is 2.70 bits per heavy atom. The van der Waals surface area contributed by atoms with Gasteiger partial charge in [-0.1, -0.05) is 54.6 Å². The zero-order valence-corrected chi connectivity index (χ0v) is 15.1. The minimum Gasteiger partial charge on any atom is -0.323 e. The molecular formula is C22H21N3O2. The van der Waals surface area contributed by atoms with Crippen molar-refractivity contribution in [1.82, 2.24) is 5.32 Å². The lowest BCUT2D eigenvalue weighted by Crippen LogP contribution is -2.46. The van der Waals surface area contributed by atoms with Crippen molar-refractivity contribution < 1.29 is 9.59 Å². The third-order valence-electron chi connectivity index (χ3n) is 4.92. The fourth-order valence-corrected chi connectivity index (χ4v) is 3.53. The van der Waals surface area contributed by atoms with Crippen molar-refractivity contribution >= 4 is 34.0 Å². The smallest absolute Gasteiger partial charge is 0.244 e. The van der Waals surface area contributed by atoms with Gasteiger partial charge >= 0.3 is 0 Å². The fraction of sp³-hybridized carbons (Fsp3) is 0.182. The van der Waals surface area contributed by atoms with E-state index >= 15 is 0 Å². The molecule has 5 heteroatoms. The molecule has 2 N–H and O–H groups in total. The molecule has 0 unspecified atom stereocenters. The number of anilines is 2. The number of para-hydroxylation sites is 2. The predicted molar refractivity (Wildman–Crippen MR) is 108 cm³/mol. The van der Waals surface area contributed by atoms with Crippen molar-refractivity contribution in [1.29, 1.82) is 0 Å². The van der Waals surface area contributed by atoms with Gasteiger partial charge in [0.1, 0.15) is 6.54 Å². The average Bonchev–Trinajstić information content (AvgIpc) is 2.70. The van der Waals surface area contributed by atoms with Crippen molar-refractivity contribution in [2.45, 2.75) is 13.0 Å². The van der Waals surface area contributed by atoms with E-state index in [1.54, 1.807) is 6.07 Å². The van der Waals surface area contributed by atoms with Crippen LogP contribution < -0.4 is 15.5 Å². The topological polar surface area (TPSA) is 61.4 Å². The lowest BCUT2D eigenvalue weighted by molar-refractivity contribution is -0.121. The molecule has 0 spiro atoms. The number of amides is 2. The largest absolute Gasteiger partial charge is 0.323 e. The molecular weight excluding hydrogens is 338 g/mol. The van der Waals surface area contributed by atoms with Gasteiger partial charge in [-0.2, -0.15) is 0 Å². The molecule has 0 aliphatic carbocycles. The van der Waals surface area contributed by atoms with E-state index in [4.69, 9.17) is 0 Å². The van der Waals surface area contributed by atoms with Crippen LogP contribution in [0, 0.1) is 0 Å². The van der Waals surface area contributed by atoms with Crippen LogP contribution in [0.5, 0.6) is 0 Å². The van der Waals surface area contributed by atoms with Crippen LogP contribution >= 0.6 is 0 Å². The first-order valence-electron chi connectivity index (χ1n) is 9.04. The van der Waals surface area contributed by atoms with E-state index in [1.165, 1.54) is 15.7 Å². The van der Waals surface area contributed by atoms with Crippen LogP contribution in [0.2, 0.25) is 0 Å². The molecule has 1 aliphatic rings. The minimum absolute atomic E-state index is 0.00825. The van der Waals surface area contributed by atoms with Crippen LogP contribution in [-0.4, -0.2) is 24.9 Å². The Bertz CT molecular complexity index is 1010. The molecule has 3 aromatic carbocycles. The third kappa shape index (κ3) is 3.41. The fourth-order valence-electron chi connectivity index (χ4n) is 3.53. The van der Waals surface area contributed by atoms with Crippen molar-refractivity contribution in [3.63, 3.8) is 0 Å². The van der Waals surface area contributed by atoms with E-state index in [2.05, 4.69) is 34.9 Å². The first kappa shape index (κ1) is 17.2. The maximum Gasteiger partial charge on any atom is 0.244 e. The van der Waals surface area contributed by atoms with Gasteiger partial charge in [0.25, 0.3) is 0 Å². The van der Waals surface area contributed by atoms with Crippen molar-refractivity contribution in [3.8, 4) is 0 Å². The quantitative estimate of drug-likeness (QED) is 0.750. The van der Waals surface area contributed by atoms with E-state index in [0.29, 0.717) is 5.69 Å². The molecule has 5 nitrogen and oxygen atoms in total. The molecule has 1 heterocycles. The SMILES string of the molecule is C[C@H](NCC(=O)N1CC(=O)Nc2ccccc21)c1cccc2ccccc12. The van der Waals surface area contributed by atoms with Gasteiger partial charge in [-0.25, -0.2) is 0 Å². The van der Waals surface area contributed by atoms with Crippen molar-refractivity contribution in [2.75, 3.05) is 23.3 Å². The summed E-state index contributed by atoms with van der Waals surface area (Å²) in [6.07, 6.45) is 0. The van der Waals surface area contributed by atoms with Crippen molar-refractivity contribution in [2.24, 2.45) is 0 Å². The lowest BCUT2D eigenvalue weighted by Gasteiger charge is -2.29. The third-order valence-corrected chi connectivity index (χ3v) is 4.92. The lowest BCUT2D eigenvalue weighted by atomic mass is 10.00. The normalized spacial score (nSPS) is 14.6. The van der Waals surface area contributed by atoms with E-state index < -0.39 is 0 Å². The molecule has 0 radical (unpaired) electrons. The second-order valence-corrected chi connectivity index (χ2v) is 6.72. The van der Waals surface area contributed by atoms with Crippen LogP contribution in [0.15, 0.2) is 66.7 Å². The highest BCUT2D eigenvalue weighted by molar-refractivity contribution is 6.10. The summed E-state index contributed by atoms with van der Waals surface area (Å²) in [5, 5.41) is 8.47. The Morgan fingerprint density at radius 2 is 1.81 bits per heavy atom. The summed E-state index contributed by atoms with van der Waals surface area (Å²) < 4.78 is 0. The number of hydrogen-bond donors (Lipinski definition) is 2. The maximum atomic E-state index is 12.8. The number of nitrogens with one attached hydrogen (secondary N) is 2. The number of carbonyl (C=O) groups is 2. The van der Waals surface area contributed by atoms with Crippen LogP contribution in [0.3, 0.4) is 0 Å². The molecule has 0 bridgehead atoms. The molecule has 0 saturated heterocycles. The molecule has 2 amide bonds. The molecule has 136 valence electrons. The molecule has 0 saturated carbocycles. The summed E-state index contributed by atoms with van der Waals surface area (Å²) in [6, 6.07) is 21.8. The highest BCUT2D eigenvalue weighted by Crippen LogP contribution is 2.29. The number of nitrogens with zero attached hydrogens (tertiary/aromatic N) is 1. The van der Waals surface area contributed by atoms with Gasteiger partial charge < -0.3 is 10.6 Å². The molecule has 0 fully saturated rings. The van der Waals surface area contributed by atoms with Gasteiger partial charge in [0.15, 0.2) is 0 Å². The summed E-state index contributed by atoms with van der Waals surface area (Å²) in [4.78, 5) is 26.2. The van der Waals surface area contributed by atoms with E-state index in [0.717, 1.165) is 11.3 Å². The number of hydrogen-bond acceptors (Lipinski definition) is 3. The minimum atomic E-state index is -0.177. The van der Waals surface area contributed by atoms with E-state index in [-0.39, 0.29) is 30.9 Å². The van der Waals surface area contributed by atoms with Gasteiger partial charge in [-0.15, -0.1) is 0 Å². The van der Waals surface area contributed by atoms with Gasteiger partial charge in [0.05, 0.1) is 17.9 Å². The molecule has 4 rings (SSSR count). The van der Waals surface area contributed by atoms with Gasteiger partial charge in [0, 0.05) is 6.04 Å². The first-order valence-corrected chi connectivity index (χ1v) is 9.04. The van der Waals surface area contributed by atoms with E-state index in [1.807, 2.05) is 43.3 Å². The second-order valence-electron chi connectivity index (χ2n) is 6.72. The number of benzene rings is 3. The summed E-state index contributed by atoms with van der Waals surface area (Å²) in [6.45, 7) is 2.25. The molecule has 3 aromatic rings. The zero-order chi connectivity index (χ0) is 18.8. The Labute approximate surface area is 158 Å². The summed E-state index contributed by atoms with van der Waals surface area (Å²) in [5.41, 5.74) is 2.56. The number of fused-ring (bicyclic) bond motifs is 2. The van der Waals surface area contributed by atoms with Gasteiger partial charge in [-0.05, 0) is 35.4 Å². The monoisotopic (exact) mass is 359 g/mol. The number of carbonyl (C=O) groups excluding carboxylic acids is 2. The summed E-state index contributed by atoms with van der Waals surface area (Å²) in [7, 11) is 0. The molecule has 27 heavy (non-hydrogen) atoms. The number of rotatable bonds is 4. The highest BCUT2D eigenvalue weighted by atomic mass is 16.2. The van der Waals surface area contributed by atoms with Crippen molar-refractivity contribution in [3.05, 3.63) is 72.3 Å². The van der Waals surface area contributed by atoms with Crippen LogP contribution in [0.25, 0.3) is 10.8 Å². The maximum absolute atomic E-state index is 12.8. The summed E-state index contributed by atoms with van der Waals surface area (Å²) in [5.74, 6) is -0.298. The predicted octanol–water partition coefficient (Wildman–Crippen LogP) is 3.48. The van der Waals surface area contributed by atoms with E-state index in [9.17, 15) is 9.59 Å². The Balaban J connectivity index is 1.50. The Morgan fingerprint density at radius 1 is 1.07 bits per heavy atom. The van der Waals surface area contributed by atoms with Crippen LogP contribution in [-0.2, 0) is 9.59 Å². The molecule has 0 aromatic heterocycles. The van der Waals surface area contributed by atoms with Gasteiger partial charge in [-0.3, -0.25) is 14.5 Å². The highest BCUT2D eigenvalue weighted by Gasteiger charge is 2.26. The first-order chi connectivity index (χ1) is 13.1. The average molecular weight is 359 g/mol.